The number of amides is 1. The normalized spacial score (nSPS) is 22.8. The quantitative estimate of drug-likeness (QED) is 0.725. The minimum atomic E-state index is -0.226. The third-order valence-corrected chi connectivity index (χ3v) is 6.92. The first-order valence-corrected chi connectivity index (χ1v) is 11.6. The average Bonchev–Trinajstić information content (AvgIpc) is 2.81. The Morgan fingerprint density at radius 3 is 2.45 bits per heavy atom. The number of rotatable bonds is 5. The van der Waals surface area contributed by atoms with E-state index in [4.69, 9.17) is 16.3 Å². The highest BCUT2D eigenvalue weighted by Gasteiger charge is 2.35. The lowest BCUT2D eigenvalue weighted by Gasteiger charge is -2.44. The number of aliphatic hydroxyl groups is 1. The second kappa shape index (κ2) is 10.0. The Morgan fingerprint density at radius 2 is 1.77 bits per heavy atom. The maximum Gasteiger partial charge on any atom is 0.258 e. The van der Waals surface area contributed by atoms with E-state index in [9.17, 15) is 9.90 Å². The summed E-state index contributed by atoms with van der Waals surface area (Å²) in [6.07, 6.45) is 5.80. The molecule has 0 bridgehead atoms. The lowest BCUT2D eigenvalue weighted by molar-refractivity contribution is 0.00866. The van der Waals surface area contributed by atoms with Crippen molar-refractivity contribution in [1.82, 2.24) is 4.90 Å². The minimum absolute atomic E-state index is 0.0302. The SMILES string of the molecule is COc1cccc(C(=O)N(c2ccc(Cl)cc2)C2CCN(C3CCCCC3O)CC2)c1. The number of piperidine rings is 1. The Kier molecular flexibility index (Phi) is 7.16. The zero-order chi connectivity index (χ0) is 21.8. The van der Waals surface area contributed by atoms with Crippen molar-refractivity contribution in [3.63, 3.8) is 0 Å². The average molecular weight is 443 g/mol. The van der Waals surface area contributed by atoms with Crippen LogP contribution in [-0.4, -0.2) is 54.3 Å². The van der Waals surface area contributed by atoms with Crippen LogP contribution in [0.2, 0.25) is 5.02 Å². The fourth-order valence-electron chi connectivity index (χ4n) is 4.98. The van der Waals surface area contributed by atoms with Crippen LogP contribution in [0.15, 0.2) is 48.5 Å². The van der Waals surface area contributed by atoms with Crippen LogP contribution in [-0.2, 0) is 0 Å². The van der Waals surface area contributed by atoms with Gasteiger partial charge in [0.15, 0.2) is 0 Å². The van der Waals surface area contributed by atoms with Crippen LogP contribution in [0.5, 0.6) is 5.75 Å². The van der Waals surface area contributed by atoms with Crippen molar-refractivity contribution in [3.05, 3.63) is 59.1 Å². The molecule has 1 heterocycles. The van der Waals surface area contributed by atoms with E-state index < -0.39 is 0 Å². The molecule has 31 heavy (non-hydrogen) atoms. The van der Waals surface area contributed by atoms with E-state index in [1.165, 1.54) is 6.42 Å². The molecule has 0 spiro atoms. The molecule has 1 aliphatic heterocycles. The van der Waals surface area contributed by atoms with Gasteiger partial charge in [0.1, 0.15) is 5.75 Å². The van der Waals surface area contributed by atoms with Gasteiger partial charge in [0.25, 0.3) is 5.91 Å². The third-order valence-electron chi connectivity index (χ3n) is 6.67. The van der Waals surface area contributed by atoms with Gasteiger partial charge in [-0.2, -0.15) is 0 Å². The van der Waals surface area contributed by atoms with Crippen molar-refractivity contribution >= 4 is 23.2 Å². The van der Waals surface area contributed by atoms with E-state index >= 15 is 0 Å². The van der Waals surface area contributed by atoms with Crippen molar-refractivity contribution in [2.45, 2.75) is 56.7 Å². The lowest BCUT2D eigenvalue weighted by atomic mass is 9.89. The molecule has 1 amide bonds. The Balaban J connectivity index is 1.55. The number of hydrogen-bond acceptors (Lipinski definition) is 4. The number of carbonyl (C=O) groups is 1. The van der Waals surface area contributed by atoms with Gasteiger partial charge in [-0.05, 0) is 68.1 Å². The molecule has 2 aliphatic rings. The summed E-state index contributed by atoms with van der Waals surface area (Å²) in [4.78, 5) is 18.0. The molecule has 2 fully saturated rings. The summed E-state index contributed by atoms with van der Waals surface area (Å²) < 4.78 is 5.32. The van der Waals surface area contributed by atoms with Crippen LogP contribution in [0.4, 0.5) is 5.69 Å². The number of carbonyl (C=O) groups excluding carboxylic acids is 1. The molecular weight excluding hydrogens is 412 g/mol. The Bertz CT molecular complexity index is 881. The summed E-state index contributed by atoms with van der Waals surface area (Å²) >= 11 is 6.11. The molecule has 2 atom stereocenters. The van der Waals surface area contributed by atoms with Crippen LogP contribution in [0.25, 0.3) is 0 Å². The fourth-order valence-corrected chi connectivity index (χ4v) is 5.11. The lowest BCUT2D eigenvalue weighted by Crippen LogP contribution is -2.53. The predicted octanol–water partition coefficient (Wildman–Crippen LogP) is 4.76. The van der Waals surface area contributed by atoms with Gasteiger partial charge < -0.3 is 14.7 Å². The summed E-state index contributed by atoms with van der Waals surface area (Å²) in [5.41, 5.74) is 1.47. The molecule has 0 radical (unpaired) electrons. The van der Waals surface area contributed by atoms with Crippen LogP contribution < -0.4 is 9.64 Å². The summed E-state index contributed by atoms with van der Waals surface area (Å²) in [5, 5.41) is 11.1. The first-order valence-electron chi connectivity index (χ1n) is 11.2. The zero-order valence-electron chi connectivity index (χ0n) is 18.0. The highest BCUT2D eigenvalue weighted by atomic mass is 35.5. The number of ether oxygens (including phenoxy) is 1. The van der Waals surface area contributed by atoms with E-state index in [1.807, 2.05) is 47.4 Å². The first kappa shape index (κ1) is 22.1. The van der Waals surface area contributed by atoms with Gasteiger partial charge in [0.05, 0.1) is 13.2 Å². The monoisotopic (exact) mass is 442 g/mol. The van der Waals surface area contributed by atoms with Gasteiger partial charge >= 0.3 is 0 Å². The number of hydrogen-bond donors (Lipinski definition) is 1. The summed E-state index contributed by atoms with van der Waals surface area (Å²) in [6, 6.07) is 15.2. The largest absolute Gasteiger partial charge is 0.497 e. The smallest absolute Gasteiger partial charge is 0.258 e. The second-order valence-electron chi connectivity index (χ2n) is 8.57. The van der Waals surface area contributed by atoms with Gasteiger partial charge in [-0.3, -0.25) is 9.69 Å². The summed E-state index contributed by atoms with van der Waals surface area (Å²) in [5.74, 6) is 0.639. The first-order chi connectivity index (χ1) is 15.1. The molecule has 1 saturated heterocycles. The molecule has 1 saturated carbocycles. The molecule has 0 aromatic heterocycles. The van der Waals surface area contributed by atoms with E-state index in [2.05, 4.69) is 4.90 Å². The molecule has 6 heteroatoms. The van der Waals surface area contributed by atoms with Crippen molar-refractivity contribution in [1.29, 1.82) is 0 Å². The zero-order valence-corrected chi connectivity index (χ0v) is 18.8. The number of aliphatic hydroxyl groups excluding tert-OH is 1. The fraction of sp³-hybridized carbons (Fsp3) is 0.480. The molecule has 5 nitrogen and oxygen atoms in total. The van der Waals surface area contributed by atoms with Crippen LogP contribution in [0.1, 0.15) is 48.9 Å². The standard InChI is InChI=1S/C25H31ClN2O3/c1-31-22-6-4-5-18(17-22)25(30)28(20-11-9-19(26)10-12-20)21-13-15-27(16-14-21)23-7-2-3-8-24(23)29/h4-6,9-12,17,21,23-24,29H,2-3,7-8,13-16H2,1H3. The highest BCUT2D eigenvalue weighted by Crippen LogP contribution is 2.31. The number of methoxy groups -OCH3 is 1. The Labute approximate surface area is 189 Å². The molecule has 1 aliphatic carbocycles. The van der Waals surface area contributed by atoms with Crippen molar-refractivity contribution in [2.75, 3.05) is 25.1 Å². The topological polar surface area (TPSA) is 53.0 Å². The van der Waals surface area contributed by atoms with Gasteiger partial charge in [0, 0.05) is 41.4 Å². The van der Waals surface area contributed by atoms with E-state index in [-0.39, 0.29) is 24.1 Å². The summed E-state index contributed by atoms with van der Waals surface area (Å²) in [6.45, 7) is 1.78. The molecule has 166 valence electrons. The number of likely N-dealkylation sites (tertiary alicyclic amines) is 1. The molecule has 2 aromatic carbocycles. The maximum absolute atomic E-state index is 13.6. The Morgan fingerprint density at radius 1 is 1.06 bits per heavy atom. The van der Waals surface area contributed by atoms with E-state index in [0.717, 1.165) is 50.9 Å². The highest BCUT2D eigenvalue weighted by molar-refractivity contribution is 6.30. The third kappa shape index (κ3) is 5.05. The van der Waals surface area contributed by atoms with Crippen molar-refractivity contribution in [2.24, 2.45) is 0 Å². The number of halogens is 1. The molecule has 4 rings (SSSR count). The van der Waals surface area contributed by atoms with E-state index in [1.54, 1.807) is 13.2 Å². The van der Waals surface area contributed by atoms with Crippen molar-refractivity contribution in [3.8, 4) is 5.75 Å². The van der Waals surface area contributed by atoms with Gasteiger partial charge in [0.2, 0.25) is 0 Å². The van der Waals surface area contributed by atoms with Crippen LogP contribution >= 0.6 is 11.6 Å². The van der Waals surface area contributed by atoms with Gasteiger partial charge in [-0.25, -0.2) is 0 Å². The second-order valence-corrected chi connectivity index (χ2v) is 9.01. The van der Waals surface area contributed by atoms with E-state index in [0.29, 0.717) is 16.3 Å². The van der Waals surface area contributed by atoms with Crippen molar-refractivity contribution < 1.29 is 14.6 Å². The number of nitrogens with zero attached hydrogens (tertiary/aromatic N) is 2. The predicted molar refractivity (Wildman–Crippen MR) is 124 cm³/mol. The molecular formula is C25H31ClN2O3. The minimum Gasteiger partial charge on any atom is -0.497 e. The molecule has 2 aromatic rings. The van der Waals surface area contributed by atoms with Crippen LogP contribution in [0.3, 0.4) is 0 Å². The number of anilines is 1. The molecule has 1 N–H and O–H groups in total. The molecule has 2 unspecified atom stereocenters. The van der Waals surface area contributed by atoms with Gasteiger partial charge in [-0.15, -0.1) is 0 Å². The maximum atomic E-state index is 13.6. The van der Waals surface area contributed by atoms with Crippen LogP contribution in [0, 0.1) is 0 Å². The van der Waals surface area contributed by atoms with Gasteiger partial charge in [-0.1, -0.05) is 30.5 Å². The summed E-state index contributed by atoms with van der Waals surface area (Å²) in [7, 11) is 1.61. The number of benzene rings is 2. The Hall–Kier alpha value is -2.08.